The first-order valence-electron chi connectivity index (χ1n) is 8.63. The third-order valence-electron chi connectivity index (χ3n) is 4.38. The first-order chi connectivity index (χ1) is 13.1. The number of para-hydroxylation sites is 1. The lowest BCUT2D eigenvalue weighted by Crippen LogP contribution is -2.21. The molecule has 0 spiro atoms. The Bertz CT molecular complexity index is 1140. The van der Waals surface area contributed by atoms with Gasteiger partial charge < -0.3 is 0 Å². The smallest absolute Gasteiger partial charge is 0.266 e. The van der Waals surface area contributed by atoms with Gasteiger partial charge in [-0.3, -0.25) is 9.36 Å². The molecule has 0 saturated heterocycles. The molecule has 1 aromatic heterocycles. The molecule has 0 bridgehead atoms. The molecule has 0 N–H and O–H groups in total. The molecule has 134 valence electrons. The van der Waals surface area contributed by atoms with Crippen molar-refractivity contribution in [1.82, 2.24) is 9.55 Å². The highest BCUT2D eigenvalue weighted by Gasteiger charge is 2.16. The SMILES string of the molecule is C[C@H](Sc1nc2ccccc2c(=O)n1-c1ccc(Cl)cc1)c1ccccc1. The topological polar surface area (TPSA) is 34.9 Å². The van der Waals surface area contributed by atoms with Crippen molar-refractivity contribution in [2.24, 2.45) is 0 Å². The van der Waals surface area contributed by atoms with E-state index in [1.807, 2.05) is 54.6 Å². The van der Waals surface area contributed by atoms with Gasteiger partial charge in [0, 0.05) is 10.3 Å². The minimum absolute atomic E-state index is 0.0781. The molecule has 27 heavy (non-hydrogen) atoms. The minimum Gasteiger partial charge on any atom is -0.268 e. The number of thioether (sulfide) groups is 1. The Morgan fingerprint density at radius 1 is 0.926 bits per heavy atom. The maximum absolute atomic E-state index is 13.2. The largest absolute Gasteiger partial charge is 0.268 e. The van der Waals surface area contributed by atoms with E-state index in [9.17, 15) is 4.79 Å². The Balaban J connectivity index is 1.88. The number of halogens is 1. The Kier molecular flexibility index (Phi) is 5.01. The zero-order chi connectivity index (χ0) is 18.8. The number of benzene rings is 3. The molecule has 0 unspecified atom stereocenters. The third-order valence-corrected chi connectivity index (χ3v) is 5.74. The van der Waals surface area contributed by atoms with E-state index in [-0.39, 0.29) is 10.8 Å². The molecule has 0 amide bonds. The second-order valence-electron chi connectivity index (χ2n) is 6.20. The number of aromatic nitrogens is 2. The normalized spacial score (nSPS) is 12.2. The summed E-state index contributed by atoms with van der Waals surface area (Å²) in [5.41, 5.74) is 2.57. The van der Waals surface area contributed by atoms with E-state index in [2.05, 4.69) is 19.1 Å². The molecular formula is C22H17ClN2OS. The van der Waals surface area contributed by atoms with Gasteiger partial charge in [0.15, 0.2) is 5.16 Å². The Morgan fingerprint density at radius 2 is 1.59 bits per heavy atom. The standard InChI is InChI=1S/C22H17ClN2OS/c1-15(16-7-3-2-4-8-16)27-22-24-20-10-6-5-9-19(20)21(26)25(22)18-13-11-17(23)12-14-18/h2-15H,1H3/t15-/m0/s1. The van der Waals surface area contributed by atoms with Crippen LogP contribution >= 0.6 is 23.4 Å². The summed E-state index contributed by atoms with van der Waals surface area (Å²) in [7, 11) is 0. The van der Waals surface area contributed by atoms with Crippen LogP contribution in [0.2, 0.25) is 5.02 Å². The van der Waals surface area contributed by atoms with Crippen molar-refractivity contribution in [2.45, 2.75) is 17.3 Å². The summed E-state index contributed by atoms with van der Waals surface area (Å²) >= 11 is 7.60. The van der Waals surface area contributed by atoms with Crippen LogP contribution in [0.5, 0.6) is 0 Å². The fourth-order valence-corrected chi connectivity index (χ4v) is 4.14. The Labute approximate surface area is 166 Å². The molecule has 0 aliphatic heterocycles. The number of rotatable bonds is 4. The fourth-order valence-electron chi connectivity index (χ4n) is 2.96. The van der Waals surface area contributed by atoms with Crippen LogP contribution in [0.15, 0.2) is 88.8 Å². The predicted octanol–water partition coefficient (Wildman–Crippen LogP) is 5.89. The van der Waals surface area contributed by atoms with Crippen LogP contribution in [0.4, 0.5) is 0 Å². The lowest BCUT2D eigenvalue weighted by molar-refractivity contribution is 0.815. The summed E-state index contributed by atoms with van der Waals surface area (Å²) in [6, 6.07) is 24.9. The van der Waals surface area contributed by atoms with Gasteiger partial charge in [0.1, 0.15) is 0 Å². The van der Waals surface area contributed by atoms with E-state index in [1.165, 1.54) is 5.56 Å². The molecule has 4 rings (SSSR count). The van der Waals surface area contributed by atoms with Crippen LogP contribution in [0.1, 0.15) is 17.7 Å². The molecule has 1 atom stereocenters. The Hall–Kier alpha value is -2.56. The molecular weight excluding hydrogens is 376 g/mol. The lowest BCUT2D eigenvalue weighted by Gasteiger charge is -2.17. The maximum Gasteiger partial charge on any atom is 0.266 e. The summed E-state index contributed by atoms with van der Waals surface area (Å²) in [6.07, 6.45) is 0. The molecule has 4 aromatic rings. The maximum atomic E-state index is 13.2. The third kappa shape index (κ3) is 3.64. The lowest BCUT2D eigenvalue weighted by atomic mass is 10.2. The van der Waals surface area contributed by atoms with Crippen LogP contribution in [0.3, 0.4) is 0 Å². The number of fused-ring (bicyclic) bond motifs is 1. The second kappa shape index (κ2) is 7.59. The van der Waals surface area contributed by atoms with E-state index in [0.717, 1.165) is 5.69 Å². The summed E-state index contributed by atoms with van der Waals surface area (Å²) in [6.45, 7) is 2.12. The van der Waals surface area contributed by atoms with Crippen molar-refractivity contribution in [3.05, 3.63) is 99.8 Å². The average molecular weight is 393 g/mol. The molecule has 3 nitrogen and oxygen atoms in total. The van der Waals surface area contributed by atoms with E-state index in [1.54, 1.807) is 28.5 Å². The van der Waals surface area contributed by atoms with E-state index in [4.69, 9.17) is 16.6 Å². The summed E-state index contributed by atoms with van der Waals surface area (Å²) in [4.78, 5) is 18.0. The van der Waals surface area contributed by atoms with Gasteiger partial charge >= 0.3 is 0 Å². The number of nitrogens with zero attached hydrogens (tertiary/aromatic N) is 2. The summed E-state index contributed by atoms with van der Waals surface area (Å²) < 4.78 is 1.67. The van der Waals surface area contributed by atoms with Gasteiger partial charge in [-0.05, 0) is 48.9 Å². The van der Waals surface area contributed by atoms with Gasteiger partial charge in [0.25, 0.3) is 5.56 Å². The zero-order valence-electron chi connectivity index (χ0n) is 14.7. The quantitative estimate of drug-likeness (QED) is 0.320. The van der Waals surface area contributed by atoms with E-state index < -0.39 is 0 Å². The van der Waals surface area contributed by atoms with Crippen molar-refractivity contribution >= 4 is 34.3 Å². The highest BCUT2D eigenvalue weighted by molar-refractivity contribution is 7.99. The predicted molar refractivity (Wildman–Crippen MR) is 113 cm³/mol. The van der Waals surface area contributed by atoms with Gasteiger partial charge in [-0.15, -0.1) is 0 Å². The van der Waals surface area contributed by atoms with Gasteiger partial charge in [0.2, 0.25) is 0 Å². The molecule has 0 fully saturated rings. The summed E-state index contributed by atoms with van der Waals surface area (Å²) in [5.74, 6) is 0. The molecule has 0 radical (unpaired) electrons. The minimum atomic E-state index is -0.0781. The Morgan fingerprint density at radius 3 is 2.33 bits per heavy atom. The van der Waals surface area contributed by atoms with Crippen LogP contribution < -0.4 is 5.56 Å². The second-order valence-corrected chi connectivity index (χ2v) is 7.94. The molecule has 1 heterocycles. The highest BCUT2D eigenvalue weighted by Crippen LogP contribution is 2.34. The van der Waals surface area contributed by atoms with Crippen LogP contribution in [0.25, 0.3) is 16.6 Å². The van der Waals surface area contributed by atoms with Gasteiger partial charge in [-0.2, -0.15) is 0 Å². The zero-order valence-corrected chi connectivity index (χ0v) is 16.2. The molecule has 3 aromatic carbocycles. The summed E-state index contributed by atoms with van der Waals surface area (Å²) in [5, 5.41) is 2.05. The first-order valence-corrected chi connectivity index (χ1v) is 9.88. The number of hydrogen-bond acceptors (Lipinski definition) is 3. The highest BCUT2D eigenvalue weighted by atomic mass is 35.5. The molecule has 0 aliphatic carbocycles. The van der Waals surface area contributed by atoms with Crippen LogP contribution in [0, 0.1) is 0 Å². The fraction of sp³-hybridized carbons (Fsp3) is 0.0909. The van der Waals surface area contributed by atoms with E-state index in [0.29, 0.717) is 21.1 Å². The first kappa shape index (κ1) is 17.8. The van der Waals surface area contributed by atoms with Crippen molar-refractivity contribution in [2.75, 3.05) is 0 Å². The van der Waals surface area contributed by atoms with Crippen LogP contribution in [-0.4, -0.2) is 9.55 Å². The monoisotopic (exact) mass is 392 g/mol. The van der Waals surface area contributed by atoms with Gasteiger partial charge in [0.05, 0.1) is 16.6 Å². The van der Waals surface area contributed by atoms with Crippen molar-refractivity contribution < 1.29 is 0 Å². The van der Waals surface area contributed by atoms with Crippen molar-refractivity contribution in [1.29, 1.82) is 0 Å². The molecule has 5 heteroatoms. The average Bonchev–Trinajstić information content (AvgIpc) is 2.70. The molecule has 0 aliphatic rings. The van der Waals surface area contributed by atoms with E-state index >= 15 is 0 Å². The van der Waals surface area contributed by atoms with Crippen molar-refractivity contribution in [3.63, 3.8) is 0 Å². The van der Waals surface area contributed by atoms with Gasteiger partial charge in [-0.25, -0.2) is 4.98 Å². The van der Waals surface area contributed by atoms with Gasteiger partial charge in [-0.1, -0.05) is 65.8 Å². The molecule has 0 saturated carbocycles. The van der Waals surface area contributed by atoms with Crippen LogP contribution in [-0.2, 0) is 0 Å². The van der Waals surface area contributed by atoms with Crippen molar-refractivity contribution in [3.8, 4) is 5.69 Å². The number of hydrogen-bond donors (Lipinski definition) is 0.